The number of ether oxygens (including phenoxy) is 2. The molecule has 2 rings (SSSR count). The third-order valence-corrected chi connectivity index (χ3v) is 4.05. The Balaban J connectivity index is 1.85. The third-order valence-electron chi connectivity index (χ3n) is 2.80. The molecule has 0 radical (unpaired) electrons. The number of benzene rings is 2. The highest BCUT2D eigenvalue weighted by Gasteiger charge is 2.10. The molecule has 0 aliphatic carbocycles. The number of hydrogen-bond donors (Lipinski definition) is 1. The van der Waals surface area contributed by atoms with Crippen molar-refractivity contribution in [3.63, 3.8) is 0 Å². The number of sulfonamides is 1. The molecule has 0 aromatic heterocycles. The van der Waals surface area contributed by atoms with Crippen molar-refractivity contribution in [3.8, 4) is 11.5 Å². The van der Waals surface area contributed by atoms with Crippen LogP contribution in [0.25, 0.3) is 0 Å². The molecule has 5 nitrogen and oxygen atoms in total. The van der Waals surface area contributed by atoms with Gasteiger partial charge in [-0.2, -0.15) is 0 Å². The number of hydrogen-bond acceptors (Lipinski definition) is 4. The summed E-state index contributed by atoms with van der Waals surface area (Å²) < 4.78 is 37.2. The maximum atomic E-state index is 12.0. The second-order valence-electron chi connectivity index (χ2n) is 4.54. The van der Waals surface area contributed by atoms with Gasteiger partial charge in [0.2, 0.25) is 10.0 Å². The van der Waals surface area contributed by atoms with Gasteiger partial charge >= 0.3 is 0 Å². The molecule has 0 spiro atoms. The zero-order valence-corrected chi connectivity index (χ0v) is 13.2. The maximum absolute atomic E-state index is 12.0. The Bertz CT molecular complexity index is 669. The van der Waals surface area contributed by atoms with Gasteiger partial charge in [0, 0.05) is 5.69 Å². The van der Waals surface area contributed by atoms with E-state index in [4.69, 9.17) is 9.47 Å². The van der Waals surface area contributed by atoms with E-state index in [2.05, 4.69) is 4.72 Å². The molecule has 0 unspecified atom stereocenters. The van der Waals surface area contributed by atoms with Crippen molar-refractivity contribution in [3.05, 3.63) is 54.6 Å². The van der Waals surface area contributed by atoms with Gasteiger partial charge in [-0.05, 0) is 43.3 Å². The van der Waals surface area contributed by atoms with Gasteiger partial charge in [-0.3, -0.25) is 4.72 Å². The van der Waals surface area contributed by atoms with Crippen molar-refractivity contribution in [1.29, 1.82) is 0 Å². The molecule has 0 aliphatic heterocycles. The third kappa shape index (κ3) is 5.29. The highest BCUT2D eigenvalue weighted by molar-refractivity contribution is 7.92. The van der Waals surface area contributed by atoms with Gasteiger partial charge in [-0.25, -0.2) is 8.42 Å². The molecule has 6 heteroatoms. The molecule has 22 heavy (non-hydrogen) atoms. The molecule has 0 heterocycles. The Morgan fingerprint density at radius 2 is 1.55 bits per heavy atom. The number of anilines is 1. The molecule has 0 saturated carbocycles. The minimum absolute atomic E-state index is 0.0936. The van der Waals surface area contributed by atoms with Gasteiger partial charge in [-0.15, -0.1) is 0 Å². The molecular formula is C16H19NO4S. The lowest BCUT2D eigenvalue weighted by molar-refractivity contribution is 0.340. The molecule has 2 aromatic rings. The van der Waals surface area contributed by atoms with E-state index in [1.807, 2.05) is 25.1 Å². The molecule has 0 amide bonds. The van der Waals surface area contributed by atoms with Gasteiger partial charge in [0.15, 0.2) is 0 Å². The van der Waals surface area contributed by atoms with Crippen molar-refractivity contribution < 1.29 is 17.9 Å². The minimum atomic E-state index is -3.45. The van der Waals surface area contributed by atoms with E-state index in [1.54, 1.807) is 36.4 Å². The Morgan fingerprint density at radius 3 is 2.18 bits per heavy atom. The molecule has 2 aromatic carbocycles. The Labute approximate surface area is 130 Å². The first-order valence-electron chi connectivity index (χ1n) is 7.00. The summed E-state index contributed by atoms with van der Waals surface area (Å²) >= 11 is 0. The van der Waals surface area contributed by atoms with Crippen LogP contribution in [0.1, 0.15) is 6.92 Å². The van der Waals surface area contributed by atoms with Crippen LogP contribution in [0.4, 0.5) is 5.69 Å². The van der Waals surface area contributed by atoms with Crippen LogP contribution in [0.3, 0.4) is 0 Å². The maximum Gasteiger partial charge on any atom is 0.236 e. The predicted octanol–water partition coefficient (Wildman–Crippen LogP) is 2.91. The summed E-state index contributed by atoms with van der Waals surface area (Å²) in [5.74, 6) is 1.24. The zero-order chi connectivity index (χ0) is 15.8. The predicted molar refractivity (Wildman–Crippen MR) is 87.0 cm³/mol. The number of rotatable bonds is 8. The molecular weight excluding hydrogens is 302 g/mol. The van der Waals surface area contributed by atoms with E-state index >= 15 is 0 Å². The van der Waals surface area contributed by atoms with Crippen LogP contribution in [0, 0.1) is 0 Å². The number of para-hydroxylation sites is 1. The molecule has 0 bridgehead atoms. The van der Waals surface area contributed by atoms with Gasteiger partial charge in [0.05, 0.1) is 6.61 Å². The van der Waals surface area contributed by atoms with Crippen LogP contribution in [0.15, 0.2) is 54.6 Å². The number of nitrogens with one attached hydrogen (secondary N) is 1. The van der Waals surface area contributed by atoms with E-state index in [0.717, 1.165) is 0 Å². The quantitative estimate of drug-likeness (QED) is 0.812. The topological polar surface area (TPSA) is 64.6 Å². The average molecular weight is 321 g/mol. The normalized spacial score (nSPS) is 11.0. The fourth-order valence-electron chi connectivity index (χ4n) is 1.80. The zero-order valence-electron chi connectivity index (χ0n) is 12.4. The van der Waals surface area contributed by atoms with E-state index in [9.17, 15) is 8.42 Å². The second-order valence-corrected chi connectivity index (χ2v) is 6.38. The second kappa shape index (κ2) is 7.70. The van der Waals surface area contributed by atoms with Crippen LogP contribution in [0.5, 0.6) is 11.5 Å². The lowest BCUT2D eigenvalue weighted by atomic mass is 10.3. The molecule has 118 valence electrons. The summed E-state index contributed by atoms with van der Waals surface area (Å²) in [6.45, 7) is 2.56. The van der Waals surface area contributed by atoms with Crippen molar-refractivity contribution in [2.45, 2.75) is 6.92 Å². The highest BCUT2D eigenvalue weighted by Crippen LogP contribution is 2.17. The summed E-state index contributed by atoms with van der Waals surface area (Å²) in [5.41, 5.74) is 0.503. The Kier molecular flexibility index (Phi) is 5.66. The minimum Gasteiger partial charge on any atom is -0.494 e. The first-order valence-corrected chi connectivity index (χ1v) is 8.65. The lowest BCUT2D eigenvalue weighted by Crippen LogP contribution is -2.21. The van der Waals surface area contributed by atoms with E-state index < -0.39 is 10.0 Å². The Hall–Kier alpha value is -2.21. The summed E-state index contributed by atoms with van der Waals surface area (Å²) in [4.78, 5) is 0. The average Bonchev–Trinajstić information content (AvgIpc) is 2.50. The van der Waals surface area contributed by atoms with Crippen LogP contribution >= 0.6 is 0 Å². The van der Waals surface area contributed by atoms with Crippen molar-refractivity contribution in [2.75, 3.05) is 23.7 Å². The monoisotopic (exact) mass is 321 g/mol. The van der Waals surface area contributed by atoms with Crippen LogP contribution < -0.4 is 14.2 Å². The summed E-state index contributed by atoms with van der Waals surface area (Å²) in [6, 6.07) is 15.9. The molecule has 0 aliphatic rings. The summed E-state index contributed by atoms with van der Waals surface area (Å²) in [6.07, 6.45) is 0. The molecule has 0 saturated heterocycles. The molecule has 0 fully saturated rings. The first-order chi connectivity index (χ1) is 10.6. The van der Waals surface area contributed by atoms with Crippen LogP contribution in [-0.2, 0) is 10.0 Å². The summed E-state index contributed by atoms with van der Waals surface area (Å²) in [7, 11) is -3.45. The van der Waals surface area contributed by atoms with E-state index in [0.29, 0.717) is 23.8 Å². The van der Waals surface area contributed by atoms with Crippen molar-refractivity contribution in [1.82, 2.24) is 0 Å². The fraction of sp³-hybridized carbons (Fsp3) is 0.250. The lowest BCUT2D eigenvalue weighted by Gasteiger charge is -2.10. The Morgan fingerprint density at radius 1 is 0.909 bits per heavy atom. The SMILES string of the molecule is CCOc1ccc(NS(=O)(=O)CCOc2ccccc2)cc1. The van der Waals surface area contributed by atoms with Gasteiger partial charge in [0.1, 0.15) is 23.9 Å². The summed E-state index contributed by atoms with van der Waals surface area (Å²) in [5, 5.41) is 0. The highest BCUT2D eigenvalue weighted by atomic mass is 32.2. The van der Waals surface area contributed by atoms with Gasteiger partial charge in [-0.1, -0.05) is 18.2 Å². The van der Waals surface area contributed by atoms with Crippen molar-refractivity contribution >= 4 is 15.7 Å². The van der Waals surface area contributed by atoms with Gasteiger partial charge < -0.3 is 9.47 Å². The first kappa shape index (κ1) is 16.2. The molecule has 0 atom stereocenters. The molecule has 1 N–H and O–H groups in total. The van der Waals surface area contributed by atoms with E-state index in [-0.39, 0.29) is 12.4 Å². The van der Waals surface area contributed by atoms with Crippen LogP contribution in [-0.4, -0.2) is 27.4 Å². The van der Waals surface area contributed by atoms with Gasteiger partial charge in [0.25, 0.3) is 0 Å². The van der Waals surface area contributed by atoms with Crippen LogP contribution in [0.2, 0.25) is 0 Å². The smallest absolute Gasteiger partial charge is 0.236 e. The fourth-order valence-corrected chi connectivity index (χ4v) is 2.70. The van der Waals surface area contributed by atoms with Crippen molar-refractivity contribution in [2.24, 2.45) is 0 Å². The van der Waals surface area contributed by atoms with E-state index in [1.165, 1.54) is 0 Å². The largest absolute Gasteiger partial charge is 0.494 e. The standard InChI is InChI=1S/C16H19NO4S/c1-2-20-16-10-8-14(9-11-16)17-22(18,19)13-12-21-15-6-4-3-5-7-15/h3-11,17H,2,12-13H2,1H3.